The first-order valence-corrected chi connectivity index (χ1v) is 5.91. The molecule has 0 bridgehead atoms. The van der Waals surface area contributed by atoms with Gasteiger partial charge in [-0.25, -0.2) is 4.98 Å². The van der Waals surface area contributed by atoms with E-state index in [0.29, 0.717) is 11.9 Å². The highest BCUT2D eigenvalue weighted by atomic mass is 32.1. The summed E-state index contributed by atoms with van der Waals surface area (Å²) in [5.41, 5.74) is 5.89. The Hall–Kier alpha value is -1.36. The third-order valence-corrected chi connectivity index (χ3v) is 3.73. The first-order valence-electron chi connectivity index (χ1n) is 5.03. The van der Waals surface area contributed by atoms with E-state index >= 15 is 0 Å². The van der Waals surface area contributed by atoms with Crippen molar-refractivity contribution in [2.75, 3.05) is 17.2 Å². The number of nitrogens with two attached hydrogens (primary N) is 1. The Bertz CT molecular complexity index is 507. The zero-order chi connectivity index (χ0) is 10.4. The summed E-state index contributed by atoms with van der Waals surface area (Å²) in [5.74, 6) is 1.37. The predicted molar refractivity (Wildman–Crippen MR) is 63.3 cm³/mol. The van der Waals surface area contributed by atoms with Crippen LogP contribution in [0.25, 0.3) is 10.2 Å². The summed E-state index contributed by atoms with van der Waals surface area (Å²) < 4.78 is 0. The lowest BCUT2D eigenvalue weighted by atomic mass is 10.1. The lowest BCUT2D eigenvalue weighted by Gasteiger charge is -2.38. The summed E-state index contributed by atoms with van der Waals surface area (Å²) in [6.07, 6.45) is 1.21. The van der Waals surface area contributed by atoms with E-state index in [0.717, 1.165) is 22.7 Å². The summed E-state index contributed by atoms with van der Waals surface area (Å²) in [6.45, 7) is 3.22. The van der Waals surface area contributed by atoms with E-state index in [2.05, 4.69) is 21.8 Å². The molecule has 2 aromatic heterocycles. The van der Waals surface area contributed by atoms with E-state index in [1.807, 2.05) is 11.4 Å². The van der Waals surface area contributed by atoms with Gasteiger partial charge >= 0.3 is 0 Å². The summed E-state index contributed by atoms with van der Waals surface area (Å²) in [5, 5.41) is 2.97. The fourth-order valence-electron chi connectivity index (χ4n) is 1.81. The molecule has 78 valence electrons. The molecule has 0 saturated carbocycles. The van der Waals surface area contributed by atoms with Crippen molar-refractivity contribution in [3.8, 4) is 0 Å². The molecule has 3 rings (SSSR count). The van der Waals surface area contributed by atoms with Crippen molar-refractivity contribution >= 4 is 33.3 Å². The predicted octanol–water partition coefficient (Wildman–Crippen LogP) is 1.87. The van der Waals surface area contributed by atoms with Gasteiger partial charge in [-0.05, 0) is 24.8 Å². The molecule has 1 aliphatic rings. The number of nitrogen functional groups attached to an aromatic ring is 1. The first-order chi connectivity index (χ1) is 7.25. The summed E-state index contributed by atoms with van der Waals surface area (Å²) >= 11 is 1.61. The largest absolute Gasteiger partial charge is 0.383 e. The number of aromatic nitrogens is 2. The average Bonchev–Trinajstić information content (AvgIpc) is 2.64. The topological polar surface area (TPSA) is 55.0 Å². The number of hydrogen-bond acceptors (Lipinski definition) is 5. The van der Waals surface area contributed by atoms with Crippen LogP contribution in [0, 0.1) is 0 Å². The van der Waals surface area contributed by atoms with Gasteiger partial charge in [0.25, 0.3) is 0 Å². The third kappa shape index (κ3) is 1.26. The molecule has 0 amide bonds. The van der Waals surface area contributed by atoms with E-state index in [1.165, 1.54) is 6.42 Å². The van der Waals surface area contributed by atoms with Gasteiger partial charge in [0.1, 0.15) is 10.6 Å². The van der Waals surface area contributed by atoms with Gasteiger partial charge in [0.2, 0.25) is 5.95 Å². The molecule has 1 fully saturated rings. The Labute approximate surface area is 91.7 Å². The normalized spacial score (nSPS) is 20.6. The fourth-order valence-corrected chi connectivity index (χ4v) is 2.58. The second-order valence-electron chi connectivity index (χ2n) is 3.88. The SMILES string of the molecule is C[C@H]1CCN1c1nc(N)c2ccsc2n1. The van der Waals surface area contributed by atoms with Crippen molar-refractivity contribution in [2.45, 2.75) is 19.4 Å². The van der Waals surface area contributed by atoms with Crippen LogP contribution >= 0.6 is 11.3 Å². The minimum absolute atomic E-state index is 0.543. The van der Waals surface area contributed by atoms with Crippen molar-refractivity contribution in [1.29, 1.82) is 0 Å². The Morgan fingerprint density at radius 1 is 1.53 bits per heavy atom. The third-order valence-electron chi connectivity index (χ3n) is 2.92. The first kappa shape index (κ1) is 8.91. The van der Waals surface area contributed by atoms with E-state index in [-0.39, 0.29) is 0 Å². The number of rotatable bonds is 1. The minimum Gasteiger partial charge on any atom is -0.383 e. The van der Waals surface area contributed by atoms with E-state index in [4.69, 9.17) is 5.73 Å². The molecule has 2 N–H and O–H groups in total. The molecule has 5 heteroatoms. The number of hydrogen-bond donors (Lipinski definition) is 1. The monoisotopic (exact) mass is 220 g/mol. The summed E-state index contributed by atoms with van der Waals surface area (Å²) in [7, 11) is 0. The van der Waals surface area contributed by atoms with Gasteiger partial charge < -0.3 is 10.6 Å². The second kappa shape index (κ2) is 3.06. The zero-order valence-electron chi connectivity index (χ0n) is 8.47. The van der Waals surface area contributed by atoms with E-state index in [1.54, 1.807) is 11.3 Å². The average molecular weight is 220 g/mol. The number of thiophene rings is 1. The highest BCUT2D eigenvalue weighted by Crippen LogP contribution is 2.29. The number of fused-ring (bicyclic) bond motifs is 1. The van der Waals surface area contributed by atoms with Crippen LogP contribution in [-0.2, 0) is 0 Å². The standard InChI is InChI=1S/C10H12N4S/c1-6-2-4-14(6)10-12-8(11)7-3-5-15-9(7)13-10/h3,5-6H,2,4H2,1H3,(H2,11,12,13)/t6-/m0/s1. The molecule has 0 spiro atoms. The summed E-state index contributed by atoms with van der Waals surface area (Å²) in [4.78, 5) is 12.0. The maximum absolute atomic E-state index is 5.89. The van der Waals surface area contributed by atoms with Gasteiger partial charge in [-0.2, -0.15) is 4.98 Å². The van der Waals surface area contributed by atoms with Crippen molar-refractivity contribution in [1.82, 2.24) is 9.97 Å². The molecule has 1 atom stereocenters. The molecule has 0 aliphatic carbocycles. The fraction of sp³-hybridized carbons (Fsp3) is 0.400. The zero-order valence-corrected chi connectivity index (χ0v) is 9.29. The molecular formula is C10H12N4S. The quantitative estimate of drug-likeness (QED) is 0.797. The van der Waals surface area contributed by atoms with Crippen LogP contribution in [0.1, 0.15) is 13.3 Å². The molecule has 1 saturated heterocycles. The highest BCUT2D eigenvalue weighted by molar-refractivity contribution is 7.16. The minimum atomic E-state index is 0.543. The molecular weight excluding hydrogens is 208 g/mol. The molecule has 15 heavy (non-hydrogen) atoms. The Kier molecular flexibility index (Phi) is 1.82. The van der Waals surface area contributed by atoms with Crippen molar-refractivity contribution in [2.24, 2.45) is 0 Å². The van der Waals surface area contributed by atoms with Crippen LogP contribution in [0.3, 0.4) is 0 Å². The molecule has 1 aliphatic heterocycles. The Balaban J connectivity index is 2.11. The van der Waals surface area contributed by atoms with Gasteiger partial charge in [-0.3, -0.25) is 0 Å². The van der Waals surface area contributed by atoms with Crippen molar-refractivity contribution < 1.29 is 0 Å². The molecule has 0 radical (unpaired) electrons. The van der Waals surface area contributed by atoms with Gasteiger partial charge in [0.05, 0.1) is 5.39 Å². The summed E-state index contributed by atoms with van der Waals surface area (Å²) in [6, 6.07) is 2.51. The maximum atomic E-state index is 5.89. The molecule has 0 aromatic carbocycles. The lowest BCUT2D eigenvalue weighted by Crippen LogP contribution is -2.46. The number of anilines is 2. The van der Waals surface area contributed by atoms with Crippen molar-refractivity contribution in [3.05, 3.63) is 11.4 Å². The van der Waals surface area contributed by atoms with E-state index in [9.17, 15) is 0 Å². The van der Waals surface area contributed by atoms with Gasteiger partial charge in [0, 0.05) is 12.6 Å². The molecule has 3 heterocycles. The molecule has 0 unspecified atom stereocenters. The van der Waals surface area contributed by atoms with Crippen LogP contribution in [0.4, 0.5) is 11.8 Å². The van der Waals surface area contributed by atoms with Crippen LogP contribution in [0.5, 0.6) is 0 Å². The number of nitrogens with zero attached hydrogens (tertiary/aromatic N) is 3. The van der Waals surface area contributed by atoms with E-state index < -0.39 is 0 Å². The van der Waals surface area contributed by atoms with Gasteiger partial charge in [-0.1, -0.05) is 0 Å². The molecule has 2 aromatic rings. The van der Waals surface area contributed by atoms with Crippen molar-refractivity contribution in [3.63, 3.8) is 0 Å². The Morgan fingerprint density at radius 2 is 2.40 bits per heavy atom. The second-order valence-corrected chi connectivity index (χ2v) is 4.77. The van der Waals surface area contributed by atoms with Gasteiger partial charge in [0.15, 0.2) is 0 Å². The maximum Gasteiger partial charge on any atom is 0.228 e. The molecule has 4 nitrogen and oxygen atoms in total. The van der Waals surface area contributed by atoms with Crippen LogP contribution < -0.4 is 10.6 Å². The van der Waals surface area contributed by atoms with Crippen LogP contribution in [0.2, 0.25) is 0 Å². The lowest BCUT2D eigenvalue weighted by molar-refractivity contribution is 0.471. The smallest absolute Gasteiger partial charge is 0.228 e. The van der Waals surface area contributed by atoms with Gasteiger partial charge in [-0.15, -0.1) is 11.3 Å². The highest BCUT2D eigenvalue weighted by Gasteiger charge is 2.26. The van der Waals surface area contributed by atoms with Crippen LogP contribution in [0.15, 0.2) is 11.4 Å². The van der Waals surface area contributed by atoms with Crippen LogP contribution in [-0.4, -0.2) is 22.6 Å². The Morgan fingerprint density at radius 3 is 3.07 bits per heavy atom.